The molecule has 0 aliphatic rings. The number of nitrogens with one attached hydrogen (secondary N) is 1. The zero-order valence-corrected chi connectivity index (χ0v) is 11.9. The van der Waals surface area contributed by atoms with Gasteiger partial charge in [-0.3, -0.25) is 4.79 Å². The maximum atomic E-state index is 11.8. The van der Waals surface area contributed by atoms with Crippen molar-refractivity contribution < 1.29 is 0 Å². The molecule has 0 bridgehead atoms. The van der Waals surface area contributed by atoms with Gasteiger partial charge in [0.15, 0.2) is 0 Å². The standard InChI is InChI=1S/C16H16N4O/c1-10-3-5-11(6-4-10)20(2)15-8-14-12(7-13(15)17)16(21)19-9-18-14/h3-9H,17H2,1-2H3,(H,18,19,21). The van der Waals surface area contributed by atoms with Crippen LogP contribution in [0.5, 0.6) is 0 Å². The maximum absolute atomic E-state index is 11.8. The van der Waals surface area contributed by atoms with Gasteiger partial charge in [-0.2, -0.15) is 0 Å². The zero-order valence-electron chi connectivity index (χ0n) is 11.9. The molecule has 5 nitrogen and oxygen atoms in total. The van der Waals surface area contributed by atoms with E-state index in [4.69, 9.17) is 5.73 Å². The molecule has 1 heterocycles. The Bertz CT molecular complexity index is 852. The van der Waals surface area contributed by atoms with E-state index in [0.717, 1.165) is 11.4 Å². The largest absolute Gasteiger partial charge is 0.397 e. The zero-order chi connectivity index (χ0) is 15.0. The van der Waals surface area contributed by atoms with Crippen molar-refractivity contribution in [2.45, 2.75) is 6.92 Å². The van der Waals surface area contributed by atoms with Gasteiger partial charge >= 0.3 is 0 Å². The molecule has 3 aromatic rings. The molecule has 21 heavy (non-hydrogen) atoms. The van der Waals surface area contributed by atoms with Crippen molar-refractivity contribution in [3.05, 3.63) is 58.6 Å². The molecule has 0 aliphatic carbocycles. The van der Waals surface area contributed by atoms with Crippen molar-refractivity contribution in [2.75, 3.05) is 17.7 Å². The normalized spacial score (nSPS) is 10.8. The van der Waals surface area contributed by atoms with Crippen molar-refractivity contribution in [2.24, 2.45) is 0 Å². The Morgan fingerprint density at radius 3 is 2.62 bits per heavy atom. The molecule has 3 rings (SSSR count). The molecule has 0 saturated heterocycles. The fourth-order valence-corrected chi connectivity index (χ4v) is 2.32. The minimum Gasteiger partial charge on any atom is -0.397 e. The van der Waals surface area contributed by atoms with Crippen LogP contribution in [0, 0.1) is 6.92 Å². The van der Waals surface area contributed by atoms with Gasteiger partial charge in [0.2, 0.25) is 0 Å². The molecular formula is C16H16N4O. The summed E-state index contributed by atoms with van der Waals surface area (Å²) in [7, 11) is 1.94. The lowest BCUT2D eigenvalue weighted by Crippen LogP contribution is -2.13. The Hall–Kier alpha value is -2.82. The van der Waals surface area contributed by atoms with Gasteiger partial charge in [-0.25, -0.2) is 4.98 Å². The highest BCUT2D eigenvalue weighted by Crippen LogP contribution is 2.31. The predicted octanol–water partition coefficient (Wildman–Crippen LogP) is 2.58. The van der Waals surface area contributed by atoms with E-state index in [-0.39, 0.29) is 5.56 Å². The summed E-state index contributed by atoms with van der Waals surface area (Å²) in [4.78, 5) is 20.5. The second kappa shape index (κ2) is 4.94. The molecule has 0 unspecified atom stereocenters. The predicted molar refractivity (Wildman–Crippen MR) is 86.0 cm³/mol. The first kappa shape index (κ1) is 13.2. The van der Waals surface area contributed by atoms with Gasteiger partial charge in [-0.05, 0) is 31.2 Å². The fourth-order valence-electron chi connectivity index (χ4n) is 2.32. The summed E-state index contributed by atoms with van der Waals surface area (Å²) in [5.74, 6) is 0. The van der Waals surface area contributed by atoms with Crippen LogP contribution in [0.3, 0.4) is 0 Å². The van der Waals surface area contributed by atoms with E-state index in [0.29, 0.717) is 16.6 Å². The molecule has 0 aliphatic heterocycles. The lowest BCUT2D eigenvalue weighted by molar-refractivity contribution is 1.16. The number of aromatic amines is 1. The van der Waals surface area contributed by atoms with Crippen molar-refractivity contribution in [3.63, 3.8) is 0 Å². The van der Waals surface area contributed by atoms with E-state index in [1.165, 1.54) is 11.9 Å². The highest BCUT2D eigenvalue weighted by Gasteiger charge is 2.11. The van der Waals surface area contributed by atoms with Crippen LogP contribution in [0.2, 0.25) is 0 Å². The minimum absolute atomic E-state index is 0.184. The van der Waals surface area contributed by atoms with Crippen LogP contribution in [0.15, 0.2) is 47.5 Å². The van der Waals surface area contributed by atoms with Crippen LogP contribution in [0.25, 0.3) is 10.9 Å². The molecule has 1 aromatic heterocycles. The first-order valence-electron chi connectivity index (χ1n) is 6.63. The average Bonchev–Trinajstić information content (AvgIpc) is 2.48. The Balaban J connectivity index is 2.13. The topological polar surface area (TPSA) is 75.0 Å². The third kappa shape index (κ3) is 2.33. The quantitative estimate of drug-likeness (QED) is 0.707. The first-order chi connectivity index (χ1) is 10.1. The smallest absolute Gasteiger partial charge is 0.258 e. The summed E-state index contributed by atoms with van der Waals surface area (Å²) in [6.07, 6.45) is 1.40. The minimum atomic E-state index is -0.184. The van der Waals surface area contributed by atoms with Crippen LogP contribution in [0.1, 0.15) is 5.56 Å². The molecule has 0 radical (unpaired) electrons. The van der Waals surface area contributed by atoms with Gasteiger partial charge < -0.3 is 15.6 Å². The summed E-state index contributed by atoms with van der Waals surface area (Å²) in [6, 6.07) is 11.7. The summed E-state index contributed by atoms with van der Waals surface area (Å²) in [6.45, 7) is 2.05. The number of aryl methyl sites for hydroxylation is 1. The number of nitrogens with two attached hydrogens (primary N) is 1. The van der Waals surface area contributed by atoms with E-state index >= 15 is 0 Å². The molecule has 5 heteroatoms. The average molecular weight is 280 g/mol. The first-order valence-corrected chi connectivity index (χ1v) is 6.63. The van der Waals surface area contributed by atoms with Crippen molar-refractivity contribution >= 4 is 28.0 Å². The van der Waals surface area contributed by atoms with Crippen molar-refractivity contribution in [1.29, 1.82) is 0 Å². The number of aromatic nitrogens is 2. The van der Waals surface area contributed by atoms with Gasteiger partial charge in [0.05, 0.1) is 28.6 Å². The van der Waals surface area contributed by atoms with E-state index in [1.54, 1.807) is 6.07 Å². The number of nitrogens with zero attached hydrogens (tertiary/aromatic N) is 2. The Kier molecular flexibility index (Phi) is 3.10. The van der Waals surface area contributed by atoms with Gasteiger partial charge in [0.25, 0.3) is 5.56 Å². The fraction of sp³-hybridized carbons (Fsp3) is 0.125. The second-order valence-corrected chi connectivity index (χ2v) is 5.05. The number of rotatable bonds is 2. The molecule has 0 saturated carbocycles. The maximum Gasteiger partial charge on any atom is 0.258 e. The molecule has 0 spiro atoms. The Labute approximate surface area is 122 Å². The SMILES string of the molecule is Cc1ccc(N(C)c2cc3nc[nH]c(=O)c3cc2N)cc1. The van der Waals surface area contributed by atoms with Crippen LogP contribution in [-0.2, 0) is 0 Å². The number of fused-ring (bicyclic) bond motifs is 1. The van der Waals surface area contributed by atoms with E-state index in [9.17, 15) is 4.79 Å². The molecule has 0 atom stereocenters. The highest BCUT2D eigenvalue weighted by molar-refractivity contribution is 5.90. The van der Waals surface area contributed by atoms with E-state index in [2.05, 4.69) is 9.97 Å². The van der Waals surface area contributed by atoms with Crippen molar-refractivity contribution in [1.82, 2.24) is 9.97 Å². The highest BCUT2D eigenvalue weighted by atomic mass is 16.1. The molecular weight excluding hydrogens is 264 g/mol. The summed E-state index contributed by atoms with van der Waals surface area (Å²) in [5, 5.41) is 0.496. The lowest BCUT2D eigenvalue weighted by atomic mass is 10.1. The number of hydrogen-bond acceptors (Lipinski definition) is 4. The molecule has 106 valence electrons. The number of nitrogen functional groups attached to an aromatic ring is 1. The number of hydrogen-bond donors (Lipinski definition) is 2. The van der Waals surface area contributed by atoms with Gasteiger partial charge in [-0.1, -0.05) is 17.7 Å². The van der Waals surface area contributed by atoms with Gasteiger partial charge in [0.1, 0.15) is 0 Å². The lowest BCUT2D eigenvalue weighted by Gasteiger charge is -2.21. The number of anilines is 3. The molecule has 3 N–H and O–H groups in total. The Morgan fingerprint density at radius 1 is 1.19 bits per heavy atom. The monoisotopic (exact) mass is 280 g/mol. The van der Waals surface area contributed by atoms with E-state index < -0.39 is 0 Å². The summed E-state index contributed by atoms with van der Waals surface area (Å²) >= 11 is 0. The van der Waals surface area contributed by atoms with Crippen molar-refractivity contribution in [3.8, 4) is 0 Å². The summed E-state index contributed by atoms with van der Waals surface area (Å²) < 4.78 is 0. The molecule has 0 fully saturated rings. The van der Waals surface area contributed by atoms with Crippen LogP contribution in [-0.4, -0.2) is 17.0 Å². The van der Waals surface area contributed by atoms with Gasteiger partial charge in [0, 0.05) is 12.7 Å². The summed E-state index contributed by atoms with van der Waals surface area (Å²) in [5.41, 5.74) is 10.1. The van der Waals surface area contributed by atoms with Gasteiger partial charge in [-0.15, -0.1) is 0 Å². The van der Waals surface area contributed by atoms with Crippen LogP contribution < -0.4 is 16.2 Å². The Morgan fingerprint density at radius 2 is 1.90 bits per heavy atom. The number of H-pyrrole nitrogens is 1. The van der Waals surface area contributed by atoms with E-state index in [1.807, 2.05) is 49.2 Å². The molecule has 0 amide bonds. The molecule has 2 aromatic carbocycles. The van der Waals surface area contributed by atoms with Crippen LogP contribution >= 0.6 is 0 Å². The third-order valence-electron chi connectivity index (χ3n) is 3.57. The van der Waals surface area contributed by atoms with Crippen LogP contribution in [0.4, 0.5) is 17.1 Å². The second-order valence-electron chi connectivity index (χ2n) is 5.05. The third-order valence-corrected chi connectivity index (χ3v) is 3.57. The number of benzene rings is 2.